The molecule has 0 amide bonds. The second-order valence-electron chi connectivity index (χ2n) is 4.29. The van der Waals surface area contributed by atoms with Gasteiger partial charge in [-0.25, -0.2) is 0 Å². The summed E-state index contributed by atoms with van der Waals surface area (Å²) in [6, 6.07) is 10.6. The Morgan fingerprint density at radius 3 is 2.72 bits per heavy atom. The largest absolute Gasteiger partial charge is 0.381 e. The van der Waals surface area contributed by atoms with Gasteiger partial charge in [-0.3, -0.25) is 0 Å². The molecule has 0 saturated heterocycles. The molecule has 2 rings (SSSR count). The van der Waals surface area contributed by atoms with Crippen molar-refractivity contribution in [1.82, 2.24) is 0 Å². The maximum atomic E-state index is 5.42. The molecule has 0 aliphatic carbocycles. The van der Waals surface area contributed by atoms with Crippen molar-refractivity contribution in [1.29, 1.82) is 0 Å². The molecular weight excluding hydrogens is 243 g/mol. The Balaban J connectivity index is 2.02. The average Bonchev–Trinajstić information content (AvgIpc) is 2.73. The molecule has 0 atom stereocenters. The zero-order valence-electron chi connectivity index (χ0n) is 11.1. The van der Waals surface area contributed by atoms with Crippen LogP contribution in [0.2, 0.25) is 0 Å². The highest BCUT2D eigenvalue weighted by molar-refractivity contribution is 7.09. The number of ether oxygens (including phenoxy) is 1. The molecule has 3 heteroatoms. The van der Waals surface area contributed by atoms with Gasteiger partial charge in [0.25, 0.3) is 0 Å². The van der Waals surface area contributed by atoms with E-state index >= 15 is 0 Å². The van der Waals surface area contributed by atoms with Crippen LogP contribution >= 0.6 is 11.3 Å². The van der Waals surface area contributed by atoms with E-state index in [2.05, 4.69) is 47.3 Å². The van der Waals surface area contributed by atoms with E-state index in [1.165, 1.54) is 16.1 Å². The van der Waals surface area contributed by atoms with Crippen LogP contribution in [0.4, 0.5) is 0 Å². The summed E-state index contributed by atoms with van der Waals surface area (Å²) in [6.07, 6.45) is 1.02. The number of thiazole rings is 1. The maximum Gasteiger partial charge on any atom is 0.225 e. The summed E-state index contributed by atoms with van der Waals surface area (Å²) < 4.78 is 7.74. The van der Waals surface area contributed by atoms with Crippen molar-refractivity contribution in [3.05, 3.63) is 52.0 Å². The van der Waals surface area contributed by atoms with Crippen LogP contribution in [0.1, 0.15) is 23.1 Å². The first-order valence-electron chi connectivity index (χ1n) is 6.39. The molecule has 1 aromatic carbocycles. The molecule has 1 heterocycles. The quantitative estimate of drug-likeness (QED) is 0.577. The Labute approximate surface area is 113 Å². The van der Waals surface area contributed by atoms with Gasteiger partial charge >= 0.3 is 0 Å². The lowest BCUT2D eigenvalue weighted by atomic mass is 10.2. The molecule has 2 aromatic rings. The minimum Gasteiger partial charge on any atom is -0.381 e. The molecule has 1 aromatic heterocycles. The van der Waals surface area contributed by atoms with Crippen LogP contribution in [0.3, 0.4) is 0 Å². The molecule has 0 aliphatic rings. The van der Waals surface area contributed by atoms with Gasteiger partial charge in [0.15, 0.2) is 12.2 Å². The van der Waals surface area contributed by atoms with Crippen molar-refractivity contribution in [3.63, 3.8) is 0 Å². The molecule has 0 aliphatic heterocycles. The molecule has 0 bridgehead atoms. The van der Waals surface area contributed by atoms with Gasteiger partial charge in [-0.1, -0.05) is 41.7 Å². The molecule has 96 valence electrons. The van der Waals surface area contributed by atoms with Gasteiger partial charge in [0.05, 0.1) is 11.5 Å². The van der Waals surface area contributed by atoms with Gasteiger partial charge < -0.3 is 4.74 Å². The Hall–Kier alpha value is -1.19. The van der Waals surface area contributed by atoms with Crippen LogP contribution in [0, 0.1) is 6.92 Å². The minimum atomic E-state index is 0.800. The molecule has 2 nitrogen and oxygen atoms in total. The second-order valence-corrected chi connectivity index (χ2v) is 5.23. The van der Waals surface area contributed by atoms with Crippen LogP contribution in [0.25, 0.3) is 0 Å². The lowest BCUT2D eigenvalue weighted by molar-refractivity contribution is -0.689. The van der Waals surface area contributed by atoms with E-state index in [0.29, 0.717) is 0 Å². The van der Waals surface area contributed by atoms with Crippen LogP contribution in [0.5, 0.6) is 0 Å². The number of hydrogen-bond acceptors (Lipinski definition) is 2. The molecule has 0 unspecified atom stereocenters. The van der Waals surface area contributed by atoms with Gasteiger partial charge in [-0.2, -0.15) is 4.57 Å². The summed E-state index contributed by atoms with van der Waals surface area (Å²) in [6.45, 7) is 6.81. The van der Waals surface area contributed by atoms with E-state index in [9.17, 15) is 0 Å². The first-order valence-corrected chi connectivity index (χ1v) is 7.27. The van der Waals surface area contributed by atoms with Crippen LogP contribution in [0.15, 0.2) is 35.8 Å². The van der Waals surface area contributed by atoms with Gasteiger partial charge in [0, 0.05) is 25.5 Å². The molecule has 0 fully saturated rings. The van der Waals surface area contributed by atoms with E-state index in [1.54, 1.807) is 0 Å². The zero-order valence-corrected chi connectivity index (χ0v) is 11.9. The molecule has 18 heavy (non-hydrogen) atoms. The molecule has 0 N–H and O–H groups in total. The third kappa shape index (κ3) is 3.40. The van der Waals surface area contributed by atoms with Crippen LogP contribution < -0.4 is 4.57 Å². The fourth-order valence-corrected chi connectivity index (χ4v) is 2.91. The van der Waals surface area contributed by atoms with E-state index in [0.717, 1.165) is 26.2 Å². The molecule has 0 saturated carbocycles. The zero-order chi connectivity index (χ0) is 12.8. The normalized spacial score (nSPS) is 10.8. The van der Waals surface area contributed by atoms with Gasteiger partial charge in [-0.05, 0) is 6.92 Å². The number of hydrogen-bond donors (Lipinski definition) is 0. The van der Waals surface area contributed by atoms with Crippen LogP contribution in [-0.2, 0) is 17.7 Å². The fraction of sp³-hybridized carbons (Fsp3) is 0.400. The van der Waals surface area contributed by atoms with Gasteiger partial charge in [0.2, 0.25) is 5.51 Å². The second kappa shape index (κ2) is 6.66. The van der Waals surface area contributed by atoms with E-state index in [1.807, 2.05) is 18.3 Å². The minimum absolute atomic E-state index is 0.800. The third-order valence-corrected chi connectivity index (χ3v) is 4.17. The lowest BCUT2D eigenvalue weighted by Gasteiger charge is -1.99. The monoisotopic (exact) mass is 263 g/mol. The van der Waals surface area contributed by atoms with Gasteiger partial charge in [0.1, 0.15) is 0 Å². The summed E-state index contributed by atoms with van der Waals surface area (Å²) >= 11 is 1.83. The van der Waals surface area contributed by atoms with Gasteiger partial charge in [-0.15, -0.1) is 0 Å². The summed E-state index contributed by atoms with van der Waals surface area (Å²) in [5.41, 5.74) is 4.92. The standard InChI is InChI=1S/C15H20NOS/c1-3-17-10-9-15-13(2)16(12-18-15)11-14-7-5-4-6-8-14/h4-8,12H,3,9-11H2,1-2H3/q+1/i12+1. The Morgan fingerprint density at radius 2 is 2.00 bits per heavy atom. The maximum absolute atomic E-state index is 5.42. The first-order chi connectivity index (χ1) is 8.81. The SMILES string of the molecule is CCOCCc1s[13cH][n+](Cc2ccccc2)c1C. The summed E-state index contributed by atoms with van der Waals surface area (Å²) in [4.78, 5) is 1.43. The van der Waals surface area contributed by atoms with Crippen molar-refractivity contribution in [3.8, 4) is 0 Å². The van der Waals surface area contributed by atoms with Crippen molar-refractivity contribution in [2.75, 3.05) is 13.2 Å². The lowest BCUT2D eigenvalue weighted by Crippen LogP contribution is -2.35. The Bertz CT molecular complexity index is 478. The van der Waals surface area contributed by atoms with E-state index in [4.69, 9.17) is 4.74 Å². The number of benzene rings is 1. The first kappa shape index (κ1) is 13.2. The Morgan fingerprint density at radius 1 is 1.22 bits per heavy atom. The van der Waals surface area contributed by atoms with E-state index in [-0.39, 0.29) is 0 Å². The third-order valence-electron chi connectivity index (χ3n) is 3.03. The summed E-state index contributed by atoms with van der Waals surface area (Å²) in [5.74, 6) is 0. The van der Waals surface area contributed by atoms with Crippen molar-refractivity contribution in [2.24, 2.45) is 0 Å². The highest BCUT2D eigenvalue weighted by Crippen LogP contribution is 2.12. The highest BCUT2D eigenvalue weighted by atomic mass is 32.1. The number of rotatable bonds is 6. The average molecular weight is 263 g/mol. The fourth-order valence-electron chi connectivity index (χ4n) is 1.94. The molecular formula is C15H20NOS+. The van der Waals surface area contributed by atoms with Crippen molar-refractivity contribution >= 4 is 11.3 Å². The predicted molar refractivity (Wildman–Crippen MR) is 75.0 cm³/mol. The smallest absolute Gasteiger partial charge is 0.225 e. The molecule has 0 spiro atoms. The highest BCUT2D eigenvalue weighted by Gasteiger charge is 2.15. The van der Waals surface area contributed by atoms with Crippen molar-refractivity contribution < 1.29 is 9.30 Å². The summed E-state index contributed by atoms with van der Waals surface area (Å²) in [5, 5.41) is 0. The number of aromatic nitrogens is 1. The summed E-state index contributed by atoms with van der Waals surface area (Å²) in [7, 11) is 0. The topological polar surface area (TPSA) is 13.1 Å². The molecule has 0 radical (unpaired) electrons. The van der Waals surface area contributed by atoms with E-state index < -0.39 is 0 Å². The number of nitrogens with zero attached hydrogens (tertiary/aromatic N) is 1. The Kier molecular flexibility index (Phi) is 4.90. The van der Waals surface area contributed by atoms with Crippen LogP contribution in [-0.4, -0.2) is 13.2 Å². The van der Waals surface area contributed by atoms with Crippen molar-refractivity contribution in [2.45, 2.75) is 26.8 Å². The predicted octanol–water partition coefficient (Wildman–Crippen LogP) is 2.97.